The highest BCUT2D eigenvalue weighted by Crippen LogP contribution is 2.28. The fourth-order valence-electron chi connectivity index (χ4n) is 1.46. The number of benzene rings is 1. The van der Waals surface area contributed by atoms with E-state index in [0.29, 0.717) is 5.17 Å². The van der Waals surface area contributed by atoms with Gasteiger partial charge in [-0.05, 0) is 35.6 Å². The van der Waals surface area contributed by atoms with Crippen molar-refractivity contribution >= 4 is 34.1 Å². The molecule has 0 aromatic heterocycles. The van der Waals surface area contributed by atoms with Crippen LogP contribution in [0, 0.1) is 0 Å². The summed E-state index contributed by atoms with van der Waals surface area (Å²) >= 11 is 7.30. The van der Waals surface area contributed by atoms with Crippen LogP contribution in [0.5, 0.6) is 0 Å². The maximum absolute atomic E-state index is 5.84. The Kier molecular flexibility index (Phi) is 3.03. The highest BCUT2D eigenvalue weighted by molar-refractivity contribution is 8.16. The normalized spacial score (nSPS) is 20.8. The lowest BCUT2D eigenvalue weighted by molar-refractivity contribution is 0.947. The van der Waals surface area contributed by atoms with Gasteiger partial charge in [-0.2, -0.15) is 0 Å². The number of amidine groups is 1. The molecular weight excluding hydrogens is 228 g/mol. The third kappa shape index (κ3) is 2.36. The molecule has 0 radical (unpaired) electrons. The average Bonchev–Trinajstić information content (AvgIpc) is 2.20. The number of thioether (sulfide) groups is 1. The molecule has 1 atom stereocenters. The van der Waals surface area contributed by atoms with Gasteiger partial charge in [-0.1, -0.05) is 35.5 Å². The quantitative estimate of drug-likeness (QED) is 0.817. The molecule has 1 aliphatic heterocycles. The van der Waals surface area contributed by atoms with Crippen molar-refractivity contribution in [3.63, 3.8) is 0 Å². The summed E-state index contributed by atoms with van der Waals surface area (Å²) in [5, 5.41) is 3.43. The molecule has 15 heavy (non-hydrogen) atoms. The zero-order chi connectivity index (χ0) is 10.8. The van der Waals surface area contributed by atoms with E-state index < -0.39 is 0 Å². The third-order valence-corrected chi connectivity index (χ3v) is 3.23. The first kappa shape index (κ1) is 10.6. The minimum absolute atomic E-state index is 0.118. The van der Waals surface area contributed by atoms with E-state index >= 15 is 0 Å². The molecule has 4 heteroatoms. The summed E-state index contributed by atoms with van der Waals surface area (Å²) in [6.07, 6.45) is 0. The number of halogens is 1. The smallest absolute Gasteiger partial charge is 0.158 e. The van der Waals surface area contributed by atoms with Gasteiger partial charge in [-0.3, -0.25) is 4.99 Å². The maximum atomic E-state index is 5.84. The first-order valence-corrected chi connectivity index (χ1v) is 5.88. The number of hydrogen-bond donors (Lipinski definition) is 1. The Morgan fingerprint density at radius 3 is 2.60 bits per heavy atom. The molecule has 2 N–H and O–H groups in total. The summed E-state index contributed by atoms with van der Waals surface area (Å²) < 4.78 is 0. The van der Waals surface area contributed by atoms with Gasteiger partial charge < -0.3 is 5.73 Å². The van der Waals surface area contributed by atoms with Crippen LogP contribution >= 0.6 is 23.4 Å². The fourth-order valence-corrected chi connectivity index (χ4v) is 2.39. The van der Waals surface area contributed by atoms with Gasteiger partial charge in [0, 0.05) is 5.02 Å². The number of rotatable bonds is 1. The van der Waals surface area contributed by atoms with Gasteiger partial charge in [0.05, 0.1) is 6.04 Å². The van der Waals surface area contributed by atoms with E-state index in [1.165, 1.54) is 17.3 Å². The molecule has 0 spiro atoms. The SMILES string of the molecule is CC1N=C(N)SC=C1c1ccc(Cl)cc1. The number of nitrogens with zero attached hydrogens (tertiary/aromatic N) is 1. The van der Waals surface area contributed by atoms with Gasteiger partial charge in [0.1, 0.15) is 0 Å². The number of aliphatic imine (C=N–C) groups is 1. The molecule has 1 aromatic carbocycles. The van der Waals surface area contributed by atoms with Crippen molar-refractivity contribution in [3.8, 4) is 0 Å². The van der Waals surface area contributed by atoms with Crippen molar-refractivity contribution in [2.75, 3.05) is 0 Å². The summed E-state index contributed by atoms with van der Waals surface area (Å²) in [5.74, 6) is 0. The highest BCUT2D eigenvalue weighted by atomic mass is 35.5. The van der Waals surface area contributed by atoms with E-state index in [1.54, 1.807) is 0 Å². The van der Waals surface area contributed by atoms with Crippen molar-refractivity contribution in [1.29, 1.82) is 0 Å². The van der Waals surface area contributed by atoms with E-state index in [9.17, 15) is 0 Å². The van der Waals surface area contributed by atoms with E-state index in [1.807, 2.05) is 31.2 Å². The molecule has 1 aromatic rings. The van der Waals surface area contributed by atoms with E-state index in [-0.39, 0.29) is 6.04 Å². The van der Waals surface area contributed by atoms with Crippen molar-refractivity contribution in [3.05, 3.63) is 40.3 Å². The molecule has 0 bridgehead atoms. The Labute approximate surface area is 98.2 Å². The van der Waals surface area contributed by atoms with Crippen molar-refractivity contribution in [2.24, 2.45) is 10.7 Å². The van der Waals surface area contributed by atoms with Crippen LogP contribution in [-0.2, 0) is 0 Å². The molecule has 0 saturated heterocycles. The second-order valence-electron chi connectivity index (χ2n) is 3.34. The summed E-state index contributed by atoms with van der Waals surface area (Å²) in [6, 6.07) is 7.89. The third-order valence-electron chi connectivity index (χ3n) is 2.26. The molecule has 1 heterocycles. The molecule has 1 aliphatic rings. The standard InChI is InChI=1S/C11H11ClN2S/c1-7-10(6-15-11(13)14-7)8-2-4-9(12)5-3-8/h2-7H,1H3,(H2,13,14). The minimum atomic E-state index is 0.118. The van der Waals surface area contributed by atoms with Crippen LogP contribution in [0.15, 0.2) is 34.7 Å². The second kappa shape index (κ2) is 4.29. The fraction of sp³-hybridized carbons (Fsp3) is 0.182. The van der Waals surface area contributed by atoms with Crippen molar-refractivity contribution in [1.82, 2.24) is 0 Å². The zero-order valence-electron chi connectivity index (χ0n) is 8.27. The van der Waals surface area contributed by atoms with Crippen LogP contribution in [0.25, 0.3) is 5.57 Å². The predicted molar refractivity (Wildman–Crippen MR) is 68.1 cm³/mol. The Morgan fingerprint density at radius 1 is 1.33 bits per heavy atom. The maximum Gasteiger partial charge on any atom is 0.158 e. The zero-order valence-corrected chi connectivity index (χ0v) is 9.85. The summed E-state index contributed by atoms with van der Waals surface area (Å²) in [4.78, 5) is 4.32. The van der Waals surface area contributed by atoms with Gasteiger partial charge >= 0.3 is 0 Å². The summed E-state index contributed by atoms with van der Waals surface area (Å²) in [7, 11) is 0. The lowest BCUT2D eigenvalue weighted by Crippen LogP contribution is -2.15. The van der Waals surface area contributed by atoms with Crippen LogP contribution in [0.1, 0.15) is 12.5 Å². The summed E-state index contributed by atoms with van der Waals surface area (Å²) in [5.41, 5.74) is 7.97. The average molecular weight is 239 g/mol. The van der Waals surface area contributed by atoms with E-state index in [0.717, 1.165) is 10.6 Å². The second-order valence-corrected chi connectivity index (χ2v) is 4.67. The molecule has 1 unspecified atom stereocenters. The highest BCUT2D eigenvalue weighted by Gasteiger charge is 2.14. The Morgan fingerprint density at radius 2 is 2.00 bits per heavy atom. The van der Waals surface area contributed by atoms with E-state index in [2.05, 4.69) is 10.4 Å². The Bertz CT molecular complexity index is 423. The molecule has 2 rings (SSSR count). The van der Waals surface area contributed by atoms with Crippen molar-refractivity contribution < 1.29 is 0 Å². The molecule has 0 fully saturated rings. The molecule has 0 aliphatic carbocycles. The first-order chi connectivity index (χ1) is 7.16. The Balaban J connectivity index is 2.29. The predicted octanol–water partition coefficient (Wildman–Crippen LogP) is 3.13. The van der Waals surface area contributed by atoms with Gasteiger partial charge in [-0.25, -0.2) is 0 Å². The van der Waals surface area contributed by atoms with Crippen LogP contribution < -0.4 is 5.73 Å². The number of hydrogen-bond acceptors (Lipinski definition) is 3. The Hall–Kier alpha value is -0.930. The first-order valence-electron chi connectivity index (χ1n) is 4.63. The van der Waals surface area contributed by atoms with Crippen LogP contribution in [0.2, 0.25) is 5.02 Å². The van der Waals surface area contributed by atoms with Crippen LogP contribution in [0.4, 0.5) is 0 Å². The number of nitrogens with two attached hydrogens (primary N) is 1. The molecule has 0 amide bonds. The van der Waals surface area contributed by atoms with E-state index in [4.69, 9.17) is 17.3 Å². The molecule has 78 valence electrons. The van der Waals surface area contributed by atoms with Gasteiger partial charge in [0.25, 0.3) is 0 Å². The lowest BCUT2D eigenvalue weighted by Gasteiger charge is -2.17. The lowest BCUT2D eigenvalue weighted by atomic mass is 10.0. The molecule has 0 saturated carbocycles. The molecule has 2 nitrogen and oxygen atoms in total. The molecular formula is C11H11ClN2S. The largest absolute Gasteiger partial charge is 0.378 e. The van der Waals surface area contributed by atoms with Crippen LogP contribution in [0.3, 0.4) is 0 Å². The van der Waals surface area contributed by atoms with Gasteiger partial charge in [-0.15, -0.1) is 0 Å². The summed E-state index contributed by atoms with van der Waals surface area (Å²) in [6.45, 7) is 2.03. The van der Waals surface area contributed by atoms with Gasteiger partial charge in [0.2, 0.25) is 0 Å². The van der Waals surface area contributed by atoms with Crippen molar-refractivity contribution in [2.45, 2.75) is 13.0 Å². The topological polar surface area (TPSA) is 38.4 Å². The van der Waals surface area contributed by atoms with Gasteiger partial charge in [0.15, 0.2) is 5.17 Å². The minimum Gasteiger partial charge on any atom is -0.378 e. The van der Waals surface area contributed by atoms with Crippen LogP contribution in [-0.4, -0.2) is 11.2 Å². The monoisotopic (exact) mass is 238 g/mol.